The number of esters is 1. The number of carbonyl (C=O) groups is 1. The van der Waals surface area contributed by atoms with Crippen molar-refractivity contribution in [2.24, 2.45) is 0 Å². The smallest absolute Gasteiger partial charge is 0.350 e. The summed E-state index contributed by atoms with van der Waals surface area (Å²) in [5.41, 5.74) is 0.346. The maximum Gasteiger partial charge on any atom is 0.350 e. The standard InChI is InChI=1S/C19H30N2O5/c1-5-13-26-16(6-2)11-12-21-14-15(18(25-4)20-19(21)23)9-7-8-10-17(22)24-3/h7,9,14,16H,5-6,8,10-13H2,1-4H3/b9-7+/t16-/m1/s1. The lowest BCUT2D eigenvalue weighted by molar-refractivity contribution is -0.140. The van der Waals surface area contributed by atoms with Gasteiger partial charge in [-0.15, -0.1) is 0 Å². The summed E-state index contributed by atoms with van der Waals surface area (Å²) in [6.07, 6.45) is 8.96. The number of aryl methyl sites for hydroxylation is 1. The molecule has 0 saturated heterocycles. The van der Waals surface area contributed by atoms with E-state index in [1.165, 1.54) is 14.2 Å². The molecular formula is C19H30N2O5. The molecule has 1 aromatic heterocycles. The summed E-state index contributed by atoms with van der Waals surface area (Å²) in [4.78, 5) is 27.3. The number of hydrogen-bond acceptors (Lipinski definition) is 6. The fourth-order valence-corrected chi connectivity index (χ4v) is 2.42. The van der Waals surface area contributed by atoms with Crippen LogP contribution in [-0.2, 0) is 20.8 Å². The maximum atomic E-state index is 12.2. The molecule has 0 radical (unpaired) electrons. The molecule has 7 nitrogen and oxygen atoms in total. The molecule has 0 unspecified atom stereocenters. The highest BCUT2D eigenvalue weighted by Gasteiger charge is 2.10. The van der Waals surface area contributed by atoms with Crippen LogP contribution < -0.4 is 10.4 Å². The molecule has 1 rings (SSSR count). The Morgan fingerprint density at radius 1 is 1.35 bits per heavy atom. The zero-order valence-corrected chi connectivity index (χ0v) is 16.2. The highest BCUT2D eigenvalue weighted by Crippen LogP contribution is 2.15. The van der Waals surface area contributed by atoms with E-state index in [4.69, 9.17) is 9.47 Å². The van der Waals surface area contributed by atoms with Gasteiger partial charge in [0.15, 0.2) is 0 Å². The van der Waals surface area contributed by atoms with Crippen LogP contribution >= 0.6 is 0 Å². The molecule has 0 saturated carbocycles. The number of allylic oxidation sites excluding steroid dienone is 1. The summed E-state index contributed by atoms with van der Waals surface area (Å²) >= 11 is 0. The lowest BCUT2D eigenvalue weighted by Crippen LogP contribution is -2.26. The van der Waals surface area contributed by atoms with Crippen LogP contribution in [0.4, 0.5) is 0 Å². The molecule has 26 heavy (non-hydrogen) atoms. The van der Waals surface area contributed by atoms with E-state index in [2.05, 4.69) is 23.6 Å². The fraction of sp³-hybridized carbons (Fsp3) is 0.632. The van der Waals surface area contributed by atoms with Crippen LogP contribution in [0.3, 0.4) is 0 Å². The summed E-state index contributed by atoms with van der Waals surface area (Å²) in [7, 11) is 2.84. The van der Waals surface area contributed by atoms with Crippen molar-refractivity contribution in [1.82, 2.24) is 9.55 Å². The molecule has 0 N–H and O–H groups in total. The minimum absolute atomic E-state index is 0.128. The highest BCUT2D eigenvalue weighted by molar-refractivity contribution is 5.69. The van der Waals surface area contributed by atoms with Gasteiger partial charge in [0.05, 0.1) is 25.9 Å². The monoisotopic (exact) mass is 366 g/mol. The van der Waals surface area contributed by atoms with E-state index in [1.54, 1.807) is 16.8 Å². The zero-order chi connectivity index (χ0) is 19.4. The lowest BCUT2D eigenvalue weighted by atomic mass is 10.2. The van der Waals surface area contributed by atoms with E-state index < -0.39 is 0 Å². The van der Waals surface area contributed by atoms with Crippen LogP contribution in [0.5, 0.6) is 5.88 Å². The van der Waals surface area contributed by atoms with E-state index in [9.17, 15) is 9.59 Å². The summed E-state index contributed by atoms with van der Waals surface area (Å²) in [6, 6.07) is 0. The third-order valence-electron chi connectivity index (χ3n) is 3.92. The largest absolute Gasteiger partial charge is 0.480 e. The first kappa shape index (κ1) is 21.9. The van der Waals surface area contributed by atoms with Crippen molar-refractivity contribution < 1.29 is 19.0 Å². The van der Waals surface area contributed by atoms with Crippen molar-refractivity contribution >= 4 is 12.0 Å². The van der Waals surface area contributed by atoms with Crippen molar-refractivity contribution in [2.45, 2.75) is 58.6 Å². The van der Waals surface area contributed by atoms with Gasteiger partial charge in [-0.1, -0.05) is 26.0 Å². The van der Waals surface area contributed by atoms with Gasteiger partial charge in [-0.25, -0.2) is 4.79 Å². The van der Waals surface area contributed by atoms with Gasteiger partial charge >= 0.3 is 11.7 Å². The van der Waals surface area contributed by atoms with Crippen LogP contribution in [0.25, 0.3) is 6.08 Å². The molecular weight excluding hydrogens is 336 g/mol. The quantitative estimate of drug-likeness (QED) is 0.529. The second-order valence-corrected chi connectivity index (χ2v) is 5.89. The molecule has 0 aliphatic heterocycles. The molecule has 1 heterocycles. The number of ether oxygens (including phenoxy) is 3. The Kier molecular flexibility index (Phi) is 10.3. The van der Waals surface area contributed by atoms with E-state index in [0.29, 0.717) is 24.9 Å². The number of aromatic nitrogens is 2. The molecule has 1 aromatic rings. The maximum absolute atomic E-state index is 12.2. The van der Waals surface area contributed by atoms with Gasteiger partial charge in [0.1, 0.15) is 0 Å². The van der Waals surface area contributed by atoms with Gasteiger partial charge in [-0.2, -0.15) is 4.98 Å². The van der Waals surface area contributed by atoms with Crippen LogP contribution in [-0.4, -0.2) is 42.5 Å². The fourth-order valence-electron chi connectivity index (χ4n) is 2.42. The normalized spacial score (nSPS) is 12.3. The molecule has 0 amide bonds. The number of carbonyl (C=O) groups excluding carboxylic acids is 1. The first-order valence-corrected chi connectivity index (χ1v) is 9.06. The average molecular weight is 366 g/mol. The van der Waals surface area contributed by atoms with Gasteiger partial charge in [0.25, 0.3) is 0 Å². The van der Waals surface area contributed by atoms with Crippen LogP contribution in [0, 0.1) is 0 Å². The molecule has 0 aliphatic carbocycles. The SMILES string of the molecule is CCCO[C@H](CC)CCn1cc(/C=C/CCC(=O)OC)c(OC)nc1=O. The van der Waals surface area contributed by atoms with Crippen LogP contribution in [0.2, 0.25) is 0 Å². The highest BCUT2D eigenvalue weighted by atomic mass is 16.5. The molecule has 0 bridgehead atoms. The number of rotatable bonds is 12. The zero-order valence-electron chi connectivity index (χ0n) is 16.2. The van der Waals surface area contributed by atoms with Crippen molar-refractivity contribution in [3.8, 4) is 5.88 Å². The third kappa shape index (κ3) is 7.39. The molecule has 1 atom stereocenters. The Morgan fingerprint density at radius 2 is 2.12 bits per heavy atom. The lowest BCUT2D eigenvalue weighted by Gasteiger charge is -2.16. The number of nitrogens with zero attached hydrogens (tertiary/aromatic N) is 2. The number of methoxy groups -OCH3 is 2. The summed E-state index contributed by atoms with van der Waals surface area (Å²) in [5, 5.41) is 0. The Labute approximate surface area is 155 Å². The Hall–Kier alpha value is -2.15. The van der Waals surface area contributed by atoms with Gasteiger partial charge in [0.2, 0.25) is 5.88 Å². The van der Waals surface area contributed by atoms with Crippen molar-refractivity contribution in [3.63, 3.8) is 0 Å². The van der Waals surface area contributed by atoms with E-state index in [0.717, 1.165) is 25.9 Å². The summed E-state index contributed by atoms with van der Waals surface area (Å²) in [6.45, 7) is 5.40. The summed E-state index contributed by atoms with van der Waals surface area (Å²) < 4.78 is 17.1. The number of hydrogen-bond donors (Lipinski definition) is 0. The predicted octanol–water partition coefficient (Wildman–Crippen LogP) is 2.81. The van der Waals surface area contributed by atoms with Gasteiger partial charge < -0.3 is 14.2 Å². The minimum atomic E-state index is -0.348. The van der Waals surface area contributed by atoms with Crippen molar-refractivity contribution in [1.29, 1.82) is 0 Å². The van der Waals surface area contributed by atoms with Gasteiger partial charge in [-0.05, 0) is 25.7 Å². The third-order valence-corrected chi connectivity index (χ3v) is 3.92. The van der Waals surface area contributed by atoms with E-state index in [-0.39, 0.29) is 23.6 Å². The van der Waals surface area contributed by atoms with Gasteiger partial charge in [-0.3, -0.25) is 9.36 Å². The van der Waals surface area contributed by atoms with E-state index in [1.807, 2.05) is 6.08 Å². The molecule has 146 valence electrons. The molecule has 0 aromatic carbocycles. The van der Waals surface area contributed by atoms with Crippen LogP contribution in [0.1, 0.15) is 51.5 Å². The molecule has 0 spiro atoms. The Morgan fingerprint density at radius 3 is 2.73 bits per heavy atom. The van der Waals surface area contributed by atoms with Crippen molar-refractivity contribution in [2.75, 3.05) is 20.8 Å². The Bertz CT molecular complexity index is 639. The van der Waals surface area contributed by atoms with Gasteiger partial charge in [0, 0.05) is 25.8 Å². The molecule has 7 heteroatoms. The van der Waals surface area contributed by atoms with Crippen LogP contribution in [0.15, 0.2) is 17.1 Å². The topological polar surface area (TPSA) is 79.7 Å². The predicted molar refractivity (Wildman–Crippen MR) is 100 cm³/mol. The first-order chi connectivity index (χ1) is 12.5. The Balaban J connectivity index is 2.82. The second-order valence-electron chi connectivity index (χ2n) is 5.89. The minimum Gasteiger partial charge on any atom is -0.480 e. The molecule has 0 fully saturated rings. The second kappa shape index (κ2) is 12.2. The molecule has 0 aliphatic rings. The average Bonchev–Trinajstić information content (AvgIpc) is 2.66. The first-order valence-electron chi connectivity index (χ1n) is 9.06. The van der Waals surface area contributed by atoms with E-state index >= 15 is 0 Å². The van der Waals surface area contributed by atoms with Crippen molar-refractivity contribution in [3.05, 3.63) is 28.3 Å². The summed E-state index contributed by atoms with van der Waals surface area (Å²) in [5.74, 6) is 0.0113.